The third-order valence-corrected chi connectivity index (χ3v) is 2.83. The standard InChI is InChI=1S/C11H19N3O/c1-2-15-11-8-10(9-11)12-5-7-14-6-3-4-13-14/h3-4,6,10-12H,2,5,7-9H2,1H3. The summed E-state index contributed by atoms with van der Waals surface area (Å²) in [6, 6.07) is 2.60. The van der Waals surface area contributed by atoms with Gasteiger partial charge in [0.2, 0.25) is 0 Å². The van der Waals surface area contributed by atoms with Crippen molar-refractivity contribution in [3.63, 3.8) is 0 Å². The fraction of sp³-hybridized carbons (Fsp3) is 0.727. The molecule has 1 saturated carbocycles. The molecule has 0 saturated heterocycles. The Morgan fingerprint density at radius 2 is 2.40 bits per heavy atom. The average molecular weight is 209 g/mol. The second kappa shape index (κ2) is 5.28. The molecule has 84 valence electrons. The Labute approximate surface area is 90.6 Å². The van der Waals surface area contributed by atoms with Crippen molar-refractivity contribution in [1.82, 2.24) is 15.1 Å². The Hall–Kier alpha value is -0.870. The fourth-order valence-corrected chi connectivity index (χ4v) is 1.92. The number of hydrogen-bond acceptors (Lipinski definition) is 3. The molecule has 0 radical (unpaired) electrons. The monoisotopic (exact) mass is 209 g/mol. The number of hydrogen-bond donors (Lipinski definition) is 1. The number of aromatic nitrogens is 2. The predicted molar refractivity (Wildman–Crippen MR) is 58.7 cm³/mol. The first-order chi connectivity index (χ1) is 7.38. The van der Waals surface area contributed by atoms with Gasteiger partial charge in [-0.2, -0.15) is 5.10 Å². The Morgan fingerprint density at radius 3 is 3.07 bits per heavy atom. The van der Waals surface area contributed by atoms with E-state index in [1.165, 1.54) is 0 Å². The van der Waals surface area contributed by atoms with Gasteiger partial charge in [0, 0.05) is 31.6 Å². The second-order valence-corrected chi connectivity index (χ2v) is 3.97. The lowest BCUT2D eigenvalue weighted by molar-refractivity contribution is -0.00988. The minimum absolute atomic E-state index is 0.497. The van der Waals surface area contributed by atoms with Gasteiger partial charge in [0.25, 0.3) is 0 Å². The van der Waals surface area contributed by atoms with Crippen LogP contribution in [0.4, 0.5) is 0 Å². The van der Waals surface area contributed by atoms with Crippen molar-refractivity contribution in [3.05, 3.63) is 18.5 Å². The van der Waals surface area contributed by atoms with Crippen molar-refractivity contribution >= 4 is 0 Å². The summed E-state index contributed by atoms with van der Waals surface area (Å²) in [5.74, 6) is 0. The molecule has 1 heterocycles. The summed E-state index contributed by atoms with van der Waals surface area (Å²) >= 11 is 0. The molecule has 1 fully saturated rings. The summed E-state index contributed by atoms with van der Waals surface area (Å²) < 4.78 is 7.45. The van der Waals surface area contributed by atoms with E-state index < -0.39 is 0 Å². The van der Waals surface area contributed by atoms with Gasteiger partial charge in [0.15, 0.2) is 0 Å². The summed E-state index contributed by atoms with van der Waals surface area (Å²) in [6.07, 6.45) is 6.62. The van der Waals surface area contributed by atoms with Crippen LogP contribution in [-0.4, -0.2) is 35.1 Å². The number of rotatable bonds is 6. The number of nitrogens with one attached hydrogen (secondary N) is 1. The third kappa shape index (κ3) is 3.04. The third-order valence-electron chi connectivity index (χ3n) is 2.83. The molecule has 0 amide bonds. The molecular formula is C11H19N3O. The number of nitrogens with zero attached hydrogens (tertiary/aromatic N) is 2. The van der Waals surface area contributed by atoms with E-state index in [-0.39, 0.29) is 0 Å². The molecule has 1 aromatic rings. The largest absolute Gasteiger partial charge is 0.378 e. The minimum Gasteiger partial charge on any atom is -0.378 e. The van der Waals surface area contributed by atoms with Gasteiger partial charge in [0.05, 0.1) is 12.6 Å². The minimum atomic E-state index is 0.497. The van der Waals surface area contributed by atoms with E-state index in [2.05, 4.69) is 17.3 Å². The van der Waals surface area contributed by atoms with Crippen molar-refractivity contribution in [3.8, 4) is 0 Å². The lowest BCUT2D eigenvalue weighted by Gasteiger charge is -2.35. The SMILES string of the molecule is CCOC1CC(NCCn2cccn2)C1. The maximum atomic E-state index is 5.50. The molecular weight excluding hydrogens is 190 g/mol. The smallest absolute Gasteiger partial charge is 0.0604 e. The fourth-order valence-electron chi connectivity index (χ4n) is 1.92. The highest BCUT2D eigenvalue weighted by Crippen LogP contribution is 2.22. The van der Waals surface area contributed by atoms with Gasteiger partial charge in [-0.15, -0.1) is 0 Å². The molecule has 2 rings (SSSR count). The molecule has 1 aromatic heterocycles. The van der Waals surface area contributed by atoms with E-state index in [9.17, 15) is 0 Å². The lowest BCUT2D eigenvalue weighted by atomic mass is 9.89. The lowest BCUT2D eigenvalue weighted by Crippen LogP contribution is -2.46. The molecule has 1 N–H and O–H groups in total. The van der Waals surface area contributed by atoms with Crippen LogP contribution in [0.3, 0.4) is 0 Å². The van der Waals surface area contributed by atoms with E-state index in [1.807, 2.05) is 23.1 Å². The average Bonchev–Trinajstić information content (AvgIpc) is 2.66. The van der Waals surface area contributed by atoms with Crippen LogP contribution < -0.4 is 5.32 Å². The van der Waals surface area contributed by atoms with E-state index in [4.69, 9.17) is 4.74 Å². The molecule has 0 aliphatic heterocycles. The van der Waals surface area contributed by atoms with Gasteiger partial charge in [-0.3, -0.25) is 4.68 Å². The quantitative estimate of drug-likeness (QED) is 0.761. The highest BCUT2D eigenvalue weighted by Gasteiger charge is 2.28. The summed E-state index contributed by atoms with van der Waals surface area (Å²) in [5, 5.41) is 7.66. The van der Waals surface area contributed by atoms with Crippen molar-refractivity contribution in [2.24, 2.45) is 0 Å². The van der Waals surface area contributed by atoms with Gasteiger partial charge < -0.3 is 10.1 Å². The molecule has 1 aliphatic carbocycles. The summed E-state index contributed by atoms with van der Waals surface area (Å²) in [4.78, 5) is 0. The maximum Gasteiger partial charge on any atom is 0.0604 e. The molecule has 4 nitrogen and oxygen atoms in total. The molecule has 0 aromatic carbocycles. The second-order valence-electron chi connectivity index (χ2n) is 3.97. The van der Waals surface area contributed by atoms with Crippen LogP contribution in [0.25, 0.3) is 0 Å². The molecule has 0 bridgehead atoms. The molecule has 0 atom stereocenters. The van der Waals surface area contributed by atoms with Gasteiger partial charge in [-0.1, -0.05) is 0 Å². The van der Waals surface area contributed by atoms with Crippen LogP contribution in [0.1, 0.15) is 19.8 Å². The van der Waals surface area contributed by atoms with Crippen LogP contribution in [0.5, 0.6) is 0 Å². The Bertz CT molecular complexity index is 267. The zero-order valence-electron chi connectivity index (χ0n) is 9.22. The summed E-state index contributed by atoms with van der Waals surface area (Å²) in [7, 11) is 0. The zero-order valence-corrected chi connectivity index (χ0v) is 9.22. The van der Waals surface area contributed by atoms with Crippen LogP contribution in [0, 0.1) is 0 Å². The predicted octanol–water partition coefficient (Wildman–Crippen LogP) is 1.04. The van der Waals surface area contributed by atoms with Gasteiger partial charge >= 0.3 is 0 Å². The molecule has 1 aliphatic rings. The van der Waals surface area contributed by atoms with Gasteiger partial charge in [0.1, 0.15) is 0 Å². The maximum absolute atomic E-state index is 5.50. The Balaban J connectivity index is 1.53. The van der Waals surface area contributed by atoms with Crippen molar-refractivity contribution in [2.45, 2.75) is 38.5 Å². The first-order valence-electron chi connectivity index (χ1n) is 5.71. The zero-order chi connectivity index (χ0) is 10.5. The van der Waals surface area contributed by atoms with Gasteiger partial charge in [-0.25, -0.2) is 0 Å². The van der Waals surface area contributed by atoms with Gasteiger partial charge in [-0.05, 0) is 25.8 Å². The van der Waals surface area contributed by atoms with Crippen LogP contribution in [0.2, 0.25) is 0 Å². The van der Waals surface area contributed by atoms with E-state index in [1.54, 1.807) is 0 Å². The summed E-state index contributed by atoms with van der Waals surface area (Å²) in [5.41, 5.74) is 0. The van der Waals surface area contributed by atoms with Crippen molar-refractivity contribution in [2.75, 3.05) is 13.2 Å². The van der Waals surface area contributed by atoms with Crippen molar-refractivity contribution < 1.29 is 4.74 Å². The van der Waals surface area contributed by atoms with Crippen LogP contribution >= 0.6 is 0 Å². The van der Waals surface area contributed by atoms with E-state index in [0.717, 1.165) is 32.5 Å². The Kier molecular flexibility index (Phi) is 3.75. The molecule has 0 unspecified atom stereocenters. The topological polar surface area (TPSA) is 39.1 Å². The van der Waals surface area contributed by atoms with E-state index >= 15 is 0 Å². The summed E-state index contributed by atoms with van der Waals surface area (Å²) in [6.45, 7) is 4.83. The Morgan fingerprint density at radius 1 is 1.53 bits per heavy atom. The first-order valence-corrected chi connectivity index (χ1v) is 5.71. The van der Waals surface area contributed by atoms with Crippen LogP contribution in [0.15, 0.2) is 18.5 Å². The molecule has 4 heteroatoms. The normalized spacial score (nSPS) is 25.1. The van der Waals surface area contributed by atoms with Crippen molar-refractivity contribution in [1.29, 1.82) is 0 Å². The number of ether oxygens (including phenoxy) is 1. The molecule has 15 heavy (non-hydrogen) atoms. The first kappa shape index (κ1) is 10.6. The molecule has 0 spiro atoms. The van der Waals surface area contributed by atoms with E-state index in [0.29, 0.717) is 12.1 Å². The van der Waals surface area contributed by atoms with Crippen LogP contribution in [-0.2, 0) is 11.3 Å². The highest BCUT2D eigenvalue weighted by atomic mass is 16.5. The highest BCUT2D eigenvalue weighted by molar-refractivity contribution is 4.86.